The van der Waals surface area contributed by atoms with E-state index in [1.54, 1.807) is 6.20 Å². The van der Waals surface area contributed by atoms with Gasteiger partial charge in [0.15, 0.2) is 5.82 Å². The first kappa shape index (κ1) is 11.5. The molecule has 88 valence electrons. The lowest BCUT2D eigenvalue weighted by atomic mass is 10.2. The molecule has 2 N–H and O–H groups in total. The van der Waals surface area contributed by atoms with Crippen molar-refractivity contribution in [2.45, 2.75) is 13.1 Å². The summed E-state index contributed by atoms with van der Waals surface area (Å²) in [4.78, 5) is 2.06. The van der Waals surface area contributed by atoms with Gasteiger partial charge in [0.2, 0.25) is 0 Å². The molecule has 2 rings (SSSR count). The number of hydrogen-bond acceptors (Lipinski definition) is 4. The summed E-state index contributed by atoms with van der Waals surface area (Å²) in [5.74, 6) is 0.844. The Morgan fingerprint density at radius 3 is 2.65 bits per heavy atom. The van der Waals surface area contributed by atoms with Crippen molar-refractivity contribution in [1.82, 2.24) is 10.2 Å². The van der Waals surface area contributed by atoms with Crippen molar-refractivity contribution in [1.29, 1.82) is 0 Å². The molecule has 4 nitrogen and oxygen atoms in total. The van der Waals surface area contributed by atoms with Gasteiger partial charge in [-0.25, -0.2) is 0 Å². The van der Waals surface area contributed by atoms with Crippen LogP contribution < -0.4 is 10.6 Å². The highest BCUT2D eigenvalue weighted by molar-refractivity contribution is 5.39. The molecule has 0 fully saturated rings. The third-order valence-corrected chi connectivity index (χ3v) is 2.59. The molecule has 0 atom stereocenters. The van der Waals surface area contributed by atoms with Crippen LogP contribution in [0.2, 0.25) is 0 Å². The lowest BCUT2D eigenvalue weighted by molar-refractivity contribution is 0.855. The molecular weight excluding hydrogens is 212 g/mol. The summed E-state index contributed by atoms with van der Waals surface area (Å²) in [5.41, 5.74) is 7.83. The van der Waals surface area contributed by atoms with E-state index in [4.69, 9.17) is 5.73 Å². The second kappa shape index (κ2) is 5.41. The number of rotatable bonds is 4. The maximum atomic E-state index is 5.59. The van der Waals surface area contributed by atoms with Crippen LogP contribution in [0.5, 0.6) is 0 Å². The van der Waals surface area contributed by atoms with E-state index in [1.807, 2.05) is 31.3 Å². The summed E-state index contributed by atoms with van der Waals surface area (Å²) < 4.78 is 0. The molecule has 0 bridgehead atoms. The summed E-state index contributed by atoms with van der Waals surface area (Å²) in [7, 11) is 2.00. The Kier molecular flexibility index (Phi) is 3.67. The number of hydrogen-bond donors (Lipinski definition) is 1. The zero-order valence-electron chi connectivity index (χ0n) is 9.87. The molecule has 0 spiro atoms. The minimum absolute atomic E-state index is 0.488. The Labute approximate surface area is 101 Å². The first-order chi connectivity index (χ1) is 8.29. The minimum Gasteiger partial charge on any atom is -0.354 e. The third kappa shape index (κ3) is 3.01. The molecular formula is C13H16N4. The Bertz CT molecular complexity index is 470. The Balaban J connectivity index is 2.11. The first-order valence-corrected chi connectivity index (χ1v) is 5.56. The van der Waals surface area contributed by atoms with Crippen LogP contribution in [0.25, 0.3) is 0 Å². The van der Waals surface area contributed by atoms with Gasteiger partial charge in [0.1, 0.15) is 0 Å². The van der Waals surface area contributed by atoms with Crippen LogP contribution in [0, 0.1) is 0 Å². The van der Waals surface area contributed by atoms with Crippen molar-refractivity contribution in [3.8, 4) is 0 Å². The van der Waals surface area contributed by atoms with E-state index in [2.05, 4.69) is 27.2 Å². The molecule has 17 heavy (non-hydrogen) atoms. The number of nitrogens with two attached hydrogens (primary N) is 1. The van der Waals surface area contributed by atoms with E-state index in [9.17, 15) is 0 Å². The van der Waals surface area contributed by atoms with Gasteiger partial charge in [0, 0.05) is 20.1 Å². The number of aromatic nitrogens is 2. The van der Waals surface area contributed by atoms with Gasteiger partial charge in [-0.15, -0.1) is 5.10 Å². The molecule has 1 aromatic heterocycles. The van der Waals surface area contributed by atoms with E-state index < -0.39 is 0 Å². The molecule has 2 aromatic rings. The average molecular weight is 228 g/mol. The van der Waals surface area contributed by atoms with Crippen LogP contribution in [-0.2, 0) is 13.1 Å². The molecule has 4 heteroatoms. The maximum Gasteiger partial charge on any atom is 0.151 e. The highest BCUT2D eigenvalue weighted by Gasteiger charge is 2.04. The van der Waals surface area contributed by atoms with Crippen molar-refractivity contribution in [2.24, 2.45) is 5.73 Å². The van der Waals surface area contributed by atoms with Gasteiger partial charge in [-0.05, 0) is 17.2 Å². The summed E-state index contributed by atoms with van der Waals surface area (Å²) in [6.45, 7) is 1.30. The first-order valence-electron chi connectivity index (χ1n) is 5.56. The van der Waals surface area contributed by atoms with Crippen LogP contribution in [0.3, 0.4) is 0 Å². The van der Waals surface area contributed by atoms with Crippen molar-refractivity contribution >= 4 is 5.82 Å². The van der Waals surface area contributed by atoms with E-state index in [0.29, 0.717) is 6.54 Å². The largest absolute Gasteiger partial charge is 0.354 e. The fraction of sp³-hybridized carbons (Fsp3) is 0.231. The van der Waals surface area contributed by atoms with Gasteiger partial charge in [0.25, 0.3) is 0 Å². The predicted octanol–water partition coefficient (Wildman–Crippen LogP) is 1.57. The summed E-state index contributed by atoms with van der Waals surface area (Å²) >= 11 is 0. The van der Waals surface area contributed by atoms with Gasteiger partial charge in [0.05, 0.1) is 6.20 Å². The van der Waals surface area contributed by atoms with Crippen molar-refractivity contribution in [3.05, 3.63) is 53.7 Å². The fourth-order valence-corrected chi connectivity index (χ4v) is 1.63. The molecule has 0 aliphatic rings. The summed E-state index contributed by atoms with van der Waals surface area (Å²) in [6.07, 6.45) is 1.69. The summed E-state index contributed by atoms with van der Waals surface area (Å²) in [6, 6.07) is 12.2. The van der Waals surface area contributed by atoms with Gasteiger partial charge in [-0.3, -0.25) is 0 Å². The second-order valence-corrected chi connectivity index (χ2v) is 3.97. The Morgan fingerprint density at radius 2 is 1.94 bits per heavy atom. The molecule has 0 radical (unpaired) electrons. The highest BCUT2D eigenvalue weighted by atomic mass is 15.2. The zero-order valence-corrected chi connectivity index (χ0v) is 9.87. The van der Waals surface area contributed by atoms with Gasteiger partial charge < -0.3 is 10.6 Å². The number of anilines is 1. The molecule has 0 aliphatic carbocycles. The topological polar surface area (TPSA) is 55.0 Å². The number of benzene rings is 1. The fourth-order valence-electron chi connectivity index (χ4n) is 1.63. The van der Waals surface area contributed by atoms with E-state index in [0.717, 1.165) is 17.9 Å². The van der Waals surface area contributed by atoms with Gasteiger partial charge >= 0.3 is 0 Å². The van der Waals surface area contributed by atoms with E-state index in [1.165, 1.54) is 5.56 Å². The third-order valence-electron chi connectivity index (χ3n) is 2.59. The van der Waals surface area contributed by atoms with Crippen LogP contribution in [-0.4, -0.2) is 17.2 Å². The van der Waals surface area contributed by atoms with E-state index >= 15 is 0 Å². The van der Waals surface area contributed by atoms with Gasteiger partial charge in [-0.1, -0.05) is 30.3 Å². The molecule has 1 aromatic carbocycles. The Morgan fingerprint density at radius 1 is 1.18 bits per heavy atom. The van der Waals surface area contributed by atoms with Crippen molar-refractivity contribution < 1.29 is 0 Å². The van der Waals surface area contributed by atoms with Crippen molar-refractivity contribution in [2.75, 3.05) is 11.9 Å². The molecule has 0 aliphatic heterocycles. The lowest BCUT2D eigenvalue weighted by Crippen LogP contribution is -2.18. The summed E-state index contributed by atoms with van der Waals surface area (Å²) in [5, 5.41) is 8.05. The highest BCUT2D eigenvalue weighted by Crippen LogP contribution is 2.12. The zero-order chi connectivity index (χ0) is 12.1. The van der Waals surface area contributed by atoms with Crippen LogP contribution >= 0.6 is 0 Å². The SMILES string of the molecule is CN(Cc1ccccc1)c1cc(CN)cnn1. The molecule has 0 saturated heterocycles. The maximum absolute atomic E-state index is 5.59. The molecule has 0 saturated carbocycles. The molecule has 0 unspecified atom stereocenters. The molecule has 0 amide bonds. The monoisotopic (exact) mass is 228 g/mol. The van der Waals surface area contributed by atoms with Crippen LogP contribution in [0.4, 0.5) is 5.82 Å². The minimum atomic E-state index is 0.488. The smallest absolute Gasteiger partial charge is 0.151 e. The average Bonchev–Trinajstić information content (AvgIpc) is 2.40. The predicted molar refractivity (Wildman–Crippen MR) is 68.5 cm³/mol. The van der Waals surface area contributed by atoms with Gasteiger partial charge in [-0.2, -0.15) is 5.10 Å². The number of nitrogens with zero attached hydrogens (tertiary/aromatic N) is 3. The van der Waals surface area contributed by atoms with Crippen LogP contribution in [0.15, 0.2) is 42.6 Å². The quantitative estimate of drug-likeness (QED) is 0.863. The second-order valence-electron chi connectivity index (χ2n) is 3.97. The lowest BCUT2D eigenvalue weighted by Gasteiger charge is -2.17. The standard InChI is InChI=1S/C13H16N4/c1-17(10-11-5-3-2-4-6-11)13-7-12(8-14)9-15-16-13/h2-7,9H,8,10,14H2,1H3. The van der Waals surface area contributed by atoms with Crippen molar-refractivity contribution in [3.63, 3.8) is 0 Å². The molecule has 1 heterocycles. The normalized spacial score (nSPS) is 10.2. The van der Waals surface area contributed by atoms with E-state index in [-0.39, 0.29) is 0 Å². The van der Waals surface area contributed by atoms with Crippen LogP contribution in [0.1, 0.15) is 11.1 Å². The Hall–Kier alpha value is -1.94.